The van der Waals surface area contributed by atoms with Gasteiger partial charge in [-0.1, -0.05) is 44.1 Å². The molecule has 1 atom stereocenters. The Labute approximate surface area is 162 Å². The van der Waals surface area contributed by atoms with Gasteiger partial charge in [0.1, 0.15) is 11.4 Å². The second-order valence-corrected chi connectivity index (χ2v) is 7.94. The van der Waals surface area contributed by atoms with Crippen molar-refractivity contribution in [2.75, 3.05) is 13.7 Å². The van der Waals surface area contributed by atoms with Gasteiger partial charge in [0, 0.05) is 23.6 Å². The van der Waals surface area contributed by atoms with Crippen molar-refractivity contribution in [3.05, 3.63) is 47.0 Å². The Kier molecular flexibility index (Phi) is 4.41. The van der Waals surface area contributed by atoms with Crippen LogP contribution in [0.1, 0.15) is 54.3 Å². The smallest absolute Gasteiger partial charge is 0.293 e. The number of ether oxygens (including phenoxy) is 1. The molecule has 0 aliphatic carbocycles. The monoisotopic (exact) mass is 381 g/mol. The summed E-state index contributed by atoms with van der Waals surface area (Å²) in [6.07, 6.45) is 0.613. The number of H-pyrrole nitrogens is 1. The fraction of sp³-hybridized carbons (Fsp3) is 0.400. The lowest BCUT2D eigenvalue weighted by Crippen LogP contribution is -2.26. The van der Waals surface area contributed by atoms with Crippen molar-refractivity contribution in [1.29, 1.82) is 0 Å². The number of nitrogens with zero attached hydrogens (tertiary/aromatic N) is 3. The number of carbonyl (C=O) groups excluding carboxylic acids is 1. The molecular weight excluding hydrogens is 358 g/mol. The highest BCUT2D eigenvalue weighted by atomic mass is 16.5. The SMILES string of the molecule is COc1ccccc1[C@H]1CNC(=O)c2nc(-c3nc(C(C)(C)C)no3)[nH]c2C1. The molecule has 8 heteroatoms. The Morgan fingerprint density at radius 3 is 2.71 bits per heavy atom. The Balaban J connectivity index is 1.69. The molecule has 0 unspecified atom stereocenters. The molecule has 2 aromatic heterocycles. The maximum absolute atomic E-state index is 12.6. The van der Waals surface area contributed by atoms with Gasteiger partial charge < -0.3 is 19.6 Å². The van der Waals surface area contributed by atoms with Crippen LogP contribution >= 0.6 is 0 Å². The summed E-state index contributed by atoms with van der Waals surface area (Å²) in [7, 11) is 1.65. The van der Waals surface area contributed by atoms with Crippen molar-refractivity contribution in [2.24, 2.45) is 0 Å². The zero-order chi connectivity index (χ0) is 19.9. The number of aromatic nitrogens is 4. The molecule has 3 aromatic rings. The third-order valence-corrected chi connectivity index (χ3v) is 4.83. The molecule has 0 saturated carbocycles. The molecule has 1 amide bonds. The molecule has 4 rings (SSSR count). The van der Waals surface area contributed by atoms with Crippen molar-refractivity contribution in [2.45, 2.75) is 38.5 Å². The number of imidazole rings is 1. The summed E-state index contributed by atoms with van der Waals surface area (Å²) in [5.41, 5.74) is 1.92. The molecule has 0 bridgehead atoms. The van der Waals surface area contributed by atoms with Gasteiger partial charge in [-0.05, 0) is 18.1 Å². The number of amides is 1. The van der Waals surface area contributed by atoms with Crippen LogP contribution in [0.25, 0.3) is 11.7 Å². The maximum Gasteiger partial charge on any atom is 0.293 e. The second-order valence-electron chi connectivity index (χ2n) is 7.94. The second kappa shape index (κ2) is 6.78. The average Bonchev–Trinajstić information content (AvgIpc) is 3.29. The van der Waals surface area contributed by atoms with Gasteiger partial charge in [0.25, 0.3) is 11.8 Å². The molecule has 1 aliphatic heterocycles. The summed E-state index contributed by atoms with van der Waals surface area (Å²) in [5.74, 6) is 1.92. The largest absolute Gasteiger partial charge is 0.496 e. The Bertz CT molecular complexity index is 1020. The van der Waals surface area contributed by atoms with E-state index >= 15 is 0 Å². The van der Waals surface area contributed by atoms with E-state index in [1.807, 2.05) is 45.0 Å². The minimum atomic E-state index is -0.238. The Morgan fingerprint density at radius 1 is 1.21 bits per heavy atom. The number of carbonyl (C=O) groups is 1. The van der Waals surface area contributed by atoms with E-state index in [1.54, 1.807) is 7.11 Å². The molecule has 2 N–H and O–H groups in total. The first-order valence-electron chi connectivity index (χ1n) is 9.21. The lowest BCUT2D eigenvalue weighted by Gasteiger charge is -2.17. The number of rotatable bonds is 3. The van der Waals surface area contributed by atoms with Crippen LogP contribution in [0.5, 0.6) is 5.75 Å². The van der Waals surface area contributed by atoms with Gasteiger partial charge in [-0.2, -0.15) is 4.98 Å². The van der Waals surface area contributed by atoms with Crippen LogP contribution in [0.15, 0.2) is 28.8 Å². The number of hydrogen-bond donors (Lipinski definition) is 2. The van der Waals surface area contributed by atoms with E-state index in [-0.39, 0.29) is 23.1 Å². The predicted molar refractivity (Wildman–Crippen MR) is 102 cm³/mol. The number of benzene rings is 1. The zero-order valence-electron chi connectivity index (χ0n) is 16.4. The van der Waals surface area contributed by atoms with Gasteiger partial charge in [0.15, 0.2) is 11.6 Å². The third-order valence-electron chi connectivity index (χ3n) is 4.83. The third kappa shape index (κ3) is 3.26. The minimum Gasteiger partial charge on any atom is -0.496 e. The molecule has 0 saturated heterocycles. The van der Waals surface area contributed by atoms with Gasteiger partial charge in [-0.25, -0.2) is 4.98 Å². The molecule has 146 valence electrons. The summed E-state index contributed by atoms with van der Waals surface area (Å²) in [4.78, 5) is 24.6. The lowest BCUT2D eigenvalue weighted by molar-refractivity contribution is 0.0950. The number of aromatic amines is 1. The highest BCUT2D eigenvalue weighted by Gasteiger charge is 2.29. The van der Waals surface area contributed by atoms with Crippen LogP contribution in [0.3, 0.4) is 0 Å². The van der Waals surface area contributed by atoms with Gasteiger partial charge in [-0.3, -0.25) is 4.79 Å². The van der Waals surface area contributed by atoms with E-state index in [2.05, 4.69) is 25.4 Å². The summed E-state index contributed by atoms with van der Waals surface area (Å²) in [6.45, 7) is 6.52. The number of methoxy groups -OCH3 is 1. The van der Waals surface area contributed by atoms with E-state index in [1.165, 1.54) is 0 Å². The van der Waals surface area contributed by atoms with E-state index < -0.39 is 0 Å². The topological polar surface area (TPSA) is 106 Å². The summed E-state index contributed by atoms with van der Waals surface area (Å²) in [6, 6.07) is 7.84. The first-order chi connectivity index (χ1) is 13.4. The number of hydrogen-bond acceptors (Lipinski definition) is 6. The summed E-state index contributed by atoms with van der Waals surface area (Å²) < 4.78 is 10.9. The molecule has 0 radical (unpaired) electrons. The normalized spacial score (nSPS) is 17.0. The Morgan fingerprint density at radius 2 is 2.00 bits per heavy atom. The van der Waals surface area contributed by atoms with Crippen LogP contribution in [0, 0.1) is 0 Å². The van der Waals surface area contributed by atoms with Crippen LogP contribution in [-0.2, 0) is 11.8 Å². The van der Waals surface area contributed by atoms with Gasteiger partial charge >= 0.3 is 0 Å². The van der Waals surface area contributed by atoms with Crippen LogP contribution in [0.2, 0.25) is 0 Å². The lowest BCUT2D eigenvalue weighted by atomic mass is 9.93. The molecule has 28 heavy (non-hydrogen) atoms. The molecule has 1 aromatic carbocycles. The fourth-order valence-corrected chi connectivity index (χ4v) is 3.31. The fourth-order valence-electron chi connectivity index (χ4n) is 3.31. The van der Waals surface area contributed by atoms with Crippen LogP contribution in [-0.4, -0.2) is 39.7 Å². The summed E-state index contributed by atoms with van der Waals surface area (Å²) in [5, 5.41) is 6.98. The van der Waals surface area contributed by atoms with E-state index in [0.29, 0.717) is 30.3 Å². The minimum absolute atomic E-state index is 0.0578. The van der Waals surface area contributed by atoms with Crippen molar-refractivity contribution >= 4 is 5.91 Å². The number of fused-ring (bicyclic) bond motifs is 1. The van der Waals surface area contributed by atoms with E-state index in [9.17, 15) is 4.79 Å². The maximum atomic E-state index is 12.6. The van der Waals surface area contributed by atoms with Crippen LogP contribution < -0.4 is 10.1 Å². The van der Waals surface area contributed by atoms with Gasteiger partial charge in [0.05, 0.1) is 7.11 Å². The van der Waals surface area contributed by atoms with Gasteiger partial charge in [0.2, 0.25) is 0 Å². The highest BCUT2D eigenvalue weighted by Crippen LogP contribution is 2.32. The molecule has 0 spiro atoms. The molecule has 0 fully saturated rings. The van der Waals surface area contributed by atoms with Crippen molar-refractivity contribution in [3.8, 4) is 17.5 Å². The van der Waals surface area contributed by atoms with E-state index in [0.717, 1.165) is 17.0 Å². The summed E-state index contributed by atoms with van der Waals surface area (Å²) >= 11 is 0. The van der Waals surface area contributed by atoms with Crippen molar-refractivity contribution in [3.63, 3.8) is 0 Å². The zero-order valence-corrected chi connectivity index (χ0v) is 16.4. The van der Waals surface area contributed by atoms with Crippen molar-refractivity contribution < 1.29 is 14.1 Å². The highest BCUT2D eigenvalue weighted by molar-refractivity contribution is 5.94. The van der Waals surface area contributed by atoms with Gasteiger partial charge in [-0.15, -0.1) is 0 Å². The molecule has 3 heterocycles. The number of para-hydroxylation sites is 1. The molecular formula is C20H23N5O3. The van der Waals surface area contributed by atoms with E-state index in [4.69, 9.17) is 9.26 Å². The first kappa shape index (κ1) is 18.2. The number of nitrogens with one attached hydrogen (secondary N) is 2. The van der Waals surface area contributed by atoms with Crippen LogP contribution in [0.4, 0.5) is 0 Å². The Hall–Kier alpha value is -3.16. The predicted octanol–water partition coefficient (Wildman–Crippen LogP) is 2.84. The molecule has 1 aliphatic rings. The van der Waals surface area contributed by atoms with Crippen molar-refractivity contribution in [1.82, 2.24) is 25.4 Å². The first-order valence-corrected chi connectivity index (χ1v) is 9.21. The average molecular weight is 381 g/mol. The molecule has 8 nitrogen and oxygen atoms in total. The standard InChI is InChI=1S/C20H23N5O3/c1-20(2,3)19-24-18(28-25-19)16-22-13-9-11(10-21-17(26)15(13)23-16)12-7-5-6-8-14(12)27-4/h5-8,11H,9-10H2,1-4H3,(H,21,26)(H,22,23)/t11-/m1/s1. The quantitative estimate of drug-likeness (QED) is 0.723.